The molecule has 0 atom stereocenters. The zero-order valence-corrected chi connectivity index (χ0v) is 12.1. The van der Waals surface area contributed by atoms with E-state index in [0.717, 1.165) is 5.56 Å². The van der Waals surface area contributed by atoms with Crippen LogP contribution >= 0.6 is 0 Å². The summed E-state index contributed by atoms with van der Waals surface area (Å²) in [6, 6.07) is 4.85. The van der Waals surface area contributed by atoms with Crippen LogP contribution in [0, 0.1) is 6.92 Å². The maximum Gasteiger partial charge on any atom is 0.319 e. The Bertz CT molecular complexity index is 490. The molecule has 0 saturated heterocycles. The van der Waals surface area contributed by atoms with Gasteiger partial charge in [-0.05, 0) is 30.7 Å². The fraction of sp³-hybridized carbons (Fsp3) is 0.429. The highest BCUT2D eigenvalue weighted by atomic mass is 16.5. The summed E-state index contributed by atoms with van der Waals surface area (Å²) >= 11 is 0. The number of aryl methyl sites for hydroxylation is 1. The third-order valence-electron chi connectivity index (χ3n) is 2.63. The van der Waals surface area contributed by atoms with E-state index in [1.54, 1.807) is 19.2 Å². The van der Waals surface area contributed by atoms with Gasteiger partial charge in [-0.1, -0.05) is 0 Å². The lowest BCUT2D eigenvalue weighted by atomic mass is 10.2. The number of urea groups is 1. The highest BCUT2D eigenvalue weighted by Crippen LogP contribution is 2.21. The molecule has 1 rings (SSSR count). The van der Waals surface area contributed by atoms with Crippen molar-refractivity contribution in [2.24, 2.45) is 0 Å². The van der Waals surface area contributed by atoms with Crippen LogP contribution in [0.25, 0.3) is 0 Å². The molecule has 0 heterocycles. The van der Waals surface area contributed by atoms with Crippen LogP contribution in [0.3, 0.4) is 0 Å². The van der Waals surface area contributed by atoms with Gasteiger partial charge in [0.25, 0.3) is 0 Å². The molecule has 21 heavy (non-hydrogen) atoms. The number of aliphatic carboxylic acids is 1. The Balaban J connectivity index is 2.48. The summed E-state index contributed by atoms with van der Waals surface area (Å²) in [6.45, 7) is 2.89. The minimum Gasteiger partial charge on any atom is -0.491 e. The number of carboxylic acid groups (broad SMARTS) is 1. The lowest BCUT2D eigenvalue weighted by Crippen LogP contribution is -2.30. The van der Waals surface area contributed by atoms with Crippen LogP contribution < -0.4 is 15.4 Å². The molecule has 0 unspecified atom stereocenters. The van der Waals surface area contributed by atoms with Gasteiger partial charge in [0.05, 0.1) is 13.0 Å². The molecule has 0 aliphatic rings. The zero-order valence-electron chi connectivity index (χ0n) is 12.1. The Morgan fingerprint density at radius 3 is 2.67 bits per heavy atom. The Hall–Kier alpha value is -2.28. The predicted molar refractivity (Wildman–Crippen MR) is 77.8 cm³/mol. The van der Waals surface area contributed by atoms with Crippen molar-refractivity contribution in [1.82, 2.24) is 5.32 Å². The first kappa shape index (κ1) is 16.8. The molecule has 7 nitrogen and oxygen atoms in total. The van der Waals surface area contributed by atoms with E-state index in [-0.39, 0.29) is 13.0 Å². The molecule has 0 bridgehead atoms. The maximum absolute atomic E-state index is 11.6. The summed E-state index contributed by atoms with van der Waals surface area (Å²) in [5, 5.41) is 13.6. The molecule has 1 aromatic rings. The fourth-order valence-corrected chi connectivity index (χ4v) is 1.56. The van der Waals surface area contributed by atoms with Crippen molar-refractivity contribution in [2.75, 3.05) is 32.2 Å². The third-order valence-corrected chi connectivity index (χ3v) is 2.63. The van der Waals surface area contributed by atoms with Gasteiger partial charge in [0, 0.05) is 19.3 Å². The summed E-state index contributed by atoms with van der Waals surface area (Å²) in [7, 11) is 1.60. The highest BCUT2D eigenvalue weighted by molar-refractivity contribution is 5.90. The summed E-state index contributed by atoms with van der Waals surface area (Å²) in [5.74, 6) is -0.259. The molecule has 1 aromatic carbocycles. The number of rotatable bonds is 8. The van der Waals surface area contributed by atoms with Crippen molar-refractivity contribution in [3.8, 4) is 5.75 Å². The zero-order chi connectivity index (χ0) is 15.7. The van der Waals surface area contributed by atoms with Crippen LogP contribution in [-0.2, 0) is 9.53 Å². The van der Waals surface area contributed by atoms with Crippen LogP contribution in [-0.4, -0.2) is 44.0 Å². The van der Waals surface area contributed by atoms with E-state index in [2.05, 4.69) is 10.6 Å². The molecule has 0 aliphatic heterocycles. The van der Waals surface area contributed by atoms with E-state index in [1.165, 1.54) is 0 Å². The number of hydrogen-bond acceptors (Lipinski definition) is 4. The Labute approximate surface area is 123 Å². The molecular weight excluding hydrogens is 276 g/mol. The van der Waals surface area contributed by atoms with E-state index in [4.69, 9.17) is 14.6 Å². The van der Waals surface area contributed by atoms with Gasteiger partial charge in [-0.3, -0.25) is 4.79 Å². The molecule has 0 aliphatic carbocycles. The Kier molecular flexibility index (Phi) is 7.03. The number of methoxy groups -OCH3 is 1. The van der Waals surface area contributed by atoms with E-state index in [9.17, 15) is 9.59 Å². The van der Waals surface area contributed by atoms with E-state index >= 15 is 0 Å². The quantitative estimate of drug-likeness (QED) is 0.633. The van der Waals surface area contributed by atoms with Gasteiger partial charge in [0.15, 0.2) is 0 Å². The van der Waals surface area contributed by atoms with Gasteiger partial charge >= 0.3 is 12.0 Å². The van der Waals surface area contributed by atoms with Gasteiger partial charge < -0.3 is 25.2 Å². The molecular formula is C14H20N2O5. The number of carbonyl (C=O) groups is 2. The smallest absolute Gasteiger partial charge is 0.319 e. The summed E-state index contributed by atoms with van der Waals surface area (Å²) < 4.78 is 10.4. The molecule has 0 fully saturated rings. The van der Waals surface area contributed by atoms with Crippen LogP contribution in [0.5, 0.6) is 5.75 Å². The number of benzene rings is 1. The van der Waals surface area contributed by atoms with Crippen LogP contribution in [0.2, 0.25) is 0 Å². The first-order valence-electron chi connectivity index (χ1n) is 6.52. The number of amides is 2. The molecule has 7 heteroatoms. The number of ether oxygens (including phenoxy) is 2. The lowest BCUT2D eigenvalue weighted by Gasteiger charge is -2.11. The van der Waals surface area contributed by atoms with Crippen molar-refractivity contribution in [3.05, 3.63) is 23.8 Å². The van der Waals surface area contributed by atoms with Crippen molar-refractivity contribution in [2.45, 2.75) is 13.3 Å². The van der Waals surface area contributed by atoms with Gasteiger partial charge in [0.1, 0.15) is 12.4 Å². The van der Waals surface area contributed by atoms with Gasteiger partial charge in [-0.2, -0.15) is 0 Å². The molecule has 0 spiro atoms. The molecule has 2 amide bonds. The maximum atomic E-state index is 11.6. The molecule has 3 N–H and O–H groups in total. The van der Waals surface area contributed by atoms with Gasteiger partial charge in [-0.15, -0.1) is 0 Å². The highest BCUT2D eigenvalue weighted by Gasteiger charge is 2.06. The Morgan fingerprint density at radius 2 is 2.05 bits per heavy atom. The number of hydrogen-bond donors (Lipinski definition) is 3. The summed E-state index contributed by atoms with van der Waals surface area (Å²) in [6.07, 6.45) is -0.112. The third kappa shape index (κ3) is 6.62. The van der Waals surface area contributed by atoms with Crippen LogP contribution in [0.1, 0.15) is 12.0 Å². The van der Waals surface area contributed by atoms with Crippen molar-refractivity contribution in [1.29, 1.82) is 0 Å². The number of carboxylic acids is 1. The number of anilines is 1. The second-order valence-electron chi connectivity index (χ2n) is 4.34. The lowest BCUT2D eigenvalue weighted by molar-refractivity contribution is -0.136. The second kappa shape index (κ2) is 8.80. The Morgan fingerprint density at radius 1 is 1.29 bits per heavy atom. The van der Waals surface area contributed by atoms with Crippen molar-refractivity contribution >= 4 is 17.7 Å². The minimum atomic E-state index is -0.955. The van der Waals surface area contributed by atoms with E-state index in [1.807, 2.05) is 13.0 Å². The van der Waals surface area contributed by atoms with E-state index in [0.29, 0.717) is 24.7 Å². The second-order valence-corrected chi connectivity index (χ2v) is 4.34. The average molecular weight is 296 g/mol. The van der Waals surface area contributed by atoms with Crippen LogP contribution in [0.15, 0.2) is 18.2 Å². The standard InChI is InChI=1S/C14H20N2O5/c1-10-9-11(21-8-7-20-2)3-4-12(10)16-14(19)15-6-5-13(17)18/h3-4,9H,5-8H2,1-2H3,(H,17,18)(H2,15,16,19). The normalized spacial score (nSPS) is 10.0. The molecule has 116 valence electrons. The molecule has 0 saturated carbocycles. The molecule has 0 aromatic heterocycles. The van der Waals surface area contributed by atoms with Gasteiger partial charge in [0.2, 0.25) is 0 Å². The van der Waals surface area contributed by atoms with Crippen molar-refractivity contribution < 1.29 is 24.2 Å². The van der Waals surface area contributed by atoms with Gasteiger partial charge in [-0.25, -0.2) is 4.79 Å². The minimum absolute atomic E-state index is 0.0818. The summed E-state index contributed by atoms with van der Waals surface area (Å²) in [5.41, 5.74) is 1.49. The topological polar surface area (TPSA) is 96.9 Å². The van der Waals surface area contributed by atoms with Crippen LogP contribution in [0.4, 0.5) is 10.5 Å². The summed E-state index contributed by atoms with van der Waals surface area (Å²) in [4.78, 5) is 21.9. The number of carbonyl (C=O) groups excluding carboxylic acids is 1. The number of nitrogens with one attached hydrogen (secondary N) is 2. The van der Waals surface area contributed by atoms with E-state index < -0.39 is 12.0 Å². The fourth-order valence-electron chi connectivity index (χ4n) is 1.56. The predicted octanol–water partition coefficient (Wildman–Crippen LogP) is 1.62. The monoisotopic (exact) mass is 296 g/mol. The van der Waals surface area contributed by atoms with Crippen molar-refractivity contribution in [3.63, 3.8) is 0 Å². The average Bonchev–Trinajstić information content (AvgIpc) is 2.41. The largest absolute Gasteiger partial charge is 0.491 e. The molecule has 0 radical (unpaired) electrons. The SMILES string of the molecule is COCCOc1ccc(NC(=O)NCCC(=O)O)c(C)c1. The first-order chi connectivity index (χ1) is 10.0. The first-order valence-corrected chi connectivity index (χ1v) is 6.52.